The second-order valence-corrected chi connectivity index (χ2v) is 5.43. The van der Waals surface area contributed by atoms with Crippen molar-refractivity contribution in [2.45, 2.75) is 6.54 Å². The zero-order valence-electron chi connectivity index (χ0n) is 10.7. The molecule has 0 saturated carbocycles. The lowest BCUT2D eigenvalue weighted by Gasteiger charge is -2.14. The van der Waals surface area contributed by atoms with Gasteiger partial charge in [0.2, 0.25) is 0 Å². The number of phenols is 2. The summed E-state index contributed by atoms with van der Waals surface area (Å²) in [6.45, 7) is 0.370. The third-order valence-corrected chi connectivity index (χ3v) is 3.56. The summed E-state index contributed by atoms with van der Waals surface area (Å²) in [5, 5.41) is 22.7. The van der Waals surface area contributed by atoms with Gasteiger partial charge in [0.15, 0.2) is 5.75 Å². The average molecular weight is 359 g/mol. The minimum Gasteiger partial charge on any atom is -0.508 e. The van der Waals surface area contributed by atoms with E-state index in [2.05, 4.69) is 21.2 Å². The third kappa shape index (κ3) is 3.29. The molecule has 106 valence electrons. The van der Waals surface area contributed by atoms with Gasteiger partial charge in [0.05, 0.1) is 17.3 Å². The average Bonchev–Trinajstić information content (AvgIpc) is 2.37. The number of phenolic OH excluding ortho intramolecular Hbond substituents is 2. The van der Waals surface area contributed by atoms with Crippen LogP contribution in [0.2, 0.25) is 5.02 Å². The zero-order valence-corrected chi connectivity index (χ0v) is 13.0. The molecule has 0 fully saturated rings. The molecule has 0 atom stereocenters. The number of nitrogens with one attached hydrogen (secondary N) is 1. The van der Waals surface area contributed by atoms with Gasteiger partial charge in [-0.05, 0) is 40.2 Å². The van der Waals surface area contributed by atoms with Gasteiger partial charge in [-0.3, -0.25) is 0 Å². The summed E-state index contributed by atoms with van der Waals surface area (Å²) in [7, 11) is 1.57. The quantitative estimate of drug-likeness (QED) is 0.769. The second-order valence-electron chi connectivity index (χ2n) is 4.13. The van der Waals surface area contributed by atoms with E-state index in [9.17, 15) is 10.2 Å². The van der Waals surface area contributed by atoms with Crippen LogP contribution in [0.4, 0.5) is 5.69 Å². The van der Waals surface area contributed by atoms with E-state index in [-0.39, 0.29) is 11.5 Å². The Morgan fingerprint density at radius 2 is 2.00 bits per heavy atom. The standard InChI is InChI=1S/C14H13BrClNO3/c1-20-14-11(15)4-9(16)5-12(14)17-7-8-2-3-10(18)6-13(8)19/h2-6,17-19H,7H2,1H3. The first kappa shape index (κ1) is 14.8. The Labute approximate surface area is 130 Å². The van der Waals surface area contributed by atoms with Crippen molar-refractivity contribution in [2.24, 2.45) is 0 Å². The van der Waals surface area contributed by atoms with Crippen LogP contribution in [0.1, 0.15) is 5.56 Å². The summed E-state index contributed by atoms with van der Waals surface area (Å²) in [5.74, 6) is 0.680. The maximum absolute atomic E-state index is 9.74. The monoisotopic (exact) mass is 357 g/mol. The number of anilines is 1. The van der Waals surface area contributed by atoms with Crippen molar-refractivity contribution in [2.75, 3.05) is 12.4 Å². The number of ether oxygens (including phenoxy) is 1. The summed E-state index contributed by atoms with van der Waals surface area (Å²) < 4.78 is 6.04. The van der Waals surface area contributed by atoms with E-state index in [4.69, 9.17) is 16.3 Å². The fraction of sp³-hybridized carbons (Fsp3) is 0.143. The number of hydrogen-bond donors (Lipinski definition) is 3. The van der Waals surface area contributed by atoms with Gasteiger partial charge in [0.1, 0.15) is 11.5 Å². The zero-order chi connectivity index (χ0) is 14.7. The topological polar surface area (TPSA) is 61.7 Å². The third-order valence-electron chi connectivity index (χ3n) is 2.75. The Balaban J connectivity index is 2.22. The molecule has 0 unspecified atom stereocenters. The van der Waals surface area contributed by atoms with Crippen molar-refractivity contribution in [1.82, 2.24) is 0 Å². The number of benzene rings is 2. The second kappa shape index (κ2) is 6.24. The van der Waals surface area contributed by atoms with Gasteiger partial charge in [0, 0.05) is 23.2 Å². The lowest BCUT2D eigenvalue weighted by molar-refractivity contribution is 0.413. The molecule has 0 spiro atoms. The van der Waals surface area contributed by atoms with E-state index in [1.54, 1.807) is 25.3 Å². The molecule has 3 N–H and O–H groups in total. The molecule has 0 bridgehead atoms. The maximum atomic E-state index is 9.74. The Morgan fingerprint density at radius 3 is 2.65 bits per heavy atom. The van der Waals surface area contributed by atoms with Crippen LogP contribution in [-0.4, -0.2) is 17.3 Å². The highest BCUT2D eigenvalue weighted by atomic mass is 79.9. The van der Waals surface area contributed by atoms with E-state index in [1.165, 1.54) is 12.1 Å². The normalized spacial score (nSPS) is 10.3. The Bertz CT molecular complexity index is 634. The molecule has 0 aliphatic carbocycles. The molecule has 2 aromatic rings. The van der Waals surface area contributed by atoms with E-state index in [1.807, 2.05) is 0 Å². The molecule has 2 rings (SSSR count). The minimum absolute atomic E-state index is 0.0225. The molecular weight excluding hydrogens is 346 g/mol. The molecule has 20 heavy (non-hydrogen) atoms. The minimum atomic E-state index is 0.0225. The fourth-order valence-corrected chi connectivity index (χ4v) is 2.76. The summed E-state index contributed by atoms with van der Waals surface area (Å²) in [6.07, 6.45) is 0. The van der Waals surface area contributed by atoms with E-state index >= 15 is 0 Å². The maximum Gasteiger partial charge on any atom is 0.156 e. The molecule has 6 heteroatoms. The smallest absolute Gasteiger partial charge is 0.156 e. The van der Waals surface area contributed by atoms with Gasteiger partial charge in [-0.25, -0.2) is 0 Å². The summed E-state index contributed by atoms with van der Waals surface area (Å²) in [4.78, 5) is 0. The number of aromatic hydroxyl groups is 2. The molecule has 0 aliphatic rings. The van der Waals surface area contributed by atoms with Crippen LogP contribution in [-0.2, 0) is 6.54 Å². The highest BCUT2D eigenvalue weighted by molar-refractivity contribution is 9.10. The Hall–Kier alpha value is -1.59. The van der Waals surface area contributed by atoms with Crippen LogP contribution >= 0.6 is 27.5 Å². The lowest BCUT2D eigenvalue weighted by Crippen LogP contribution is -2.02. The van der Waals surface area contributed by atoms with Crippen LogP contribution in [0.15, 0.2) is 34.8 Å². The van der Waals surface area contributed by atoms with Crippen LogP contribution in [0, 0.1) is 0 Å². The Kier molecular flexibility index (Phi) is 4.62. The Morgan fingerprint density at radius 1 is 1.25 bits per heavy atom. The number of halogens is 2. The van der Waals surface area contributed by atoms with Gasteiger partial charge in [-0.1, -0.05) is 11.6 Å². The van der Waals surface area contributed by atoms with Crippen LogP contribution < -0.4 is 10.1 Å². The van der Waals surface area contributed by atoms with Crippen LogP contribution in [0.5, 0.6) is 17.2 Å². The predicted molar refractivity (Wildman–Crippen MR) is 82.8 cm³/mol. The van der Waals surface area contributed by atoms with Crippen molar-refractivity contribution in [3.05, 3.63) is 45.4 Å². The molecule has 0 heterocycles. The summed E-state index contributed by atoms with van der Waals surface area (Å²) in [6, 6.07) is 7.93. The molecule has 0 radical (unpaired) electrons. The van der Waals surface area contributed by atoms with Gasteiger partial charge in [0.25, 0.3) is 0 Å². The van der Waals surface area contributed by atoms with Crippen molar-refractivity contribution in [1.29, 1.82) is 0 Å². The highest BCUT2D eigenvalue weighted by Gasteiger charge is 2.10. The van der Waals surface area contributed by atoms with Crippen molar-refractivity contribution in [3.8, 4) is 17.2 Å². The SMILES string of the molecule is COc1c(Br)cc(Cl)cc1NCc1ccc(O)cc1O. The lowest BCUT2D eigenvalue weighted by atomic mass is 10.2. The van der Waals surface area contributed by atoms with Gasteiger partial charge < -0.3 is 20.3 Å². The highest BCUT2D eigenvalue weighted by Crippen LogP contribution is 2.36. The largest absolute Gasteiger partial charge is 0.508 e. The molecule has 0 amide bonds. The number of rotatable bonds is 4. The first-order valence-electron chi connectivity index (χ1n) is 5.79. The molecule has 4 nitrogen and oxygen atoms in total. The van der Waals surface area contributed by atoms with E-state index in [0.29, 0.717) is 28.6 Å². The fourth-order valence-electron chi connectivity index (χ4n) is 1.79. The van der Waals surface area contributed by atoms with E-state index in [0.717, 1.165) is 4.47 Å². The van der Waals surface area contributed by atoms with Crippen LogP contribution in [0.25, 0.3) is 0 Å². The van der Waals surface area contributed by atoms with Crippen molar-refractivity contribution in [3.63, 3.8) is 0 Å². The first-order chi connectivity index (χ1) is 9.51. The first-order valence-corrected chi connectivity index (χ1v) is 6.96. The van der Waals surface area contributed by atoms with Crippen molar-refractivity contribution < 1.29 is 14.9 Å². The van der Waals surface area contributed by atoms with E-state index < -0.39 is 0 Å². The molecule has 2 aromatic carbocycles. The van der Waals surface area contributed by atoms with Gasteiger partial charge >= 0.3 is 0 Å². The molecule has 0 aromatic heterocycles. The van der Waals surface area contributed by atoms with Crippen molar-refractivity contribution >= 4 is 33.2 Å². The predicted octanol–water partition coefficient (Wildman–Crippen LogP) is 4.13. The van der Waals surface area contributed by atoms with Crippen LogP contribution in [0.3, 0.4) is 0 Å². The number of methoxy groups -OCH3 is 1. The van der Waals surface area contributed by atoms with Gasteiger partial charge in [-0.15, -0.1) is 0 Å². The molecule has 0 aliphatic heterocycles. The molecular formula is C14H13BrClNO3. The summed E-state index contributed by atoms with van der Waals surface area (Å²) in [5.41, 5.74) is 1.36. The summed E-state index contributed by atoms with van der Waals surface area (Å²) >= 11 is 9.38. The molecule has 0 saturated heterocycles. The number of hydrogen-bond acceptors (Lipinski definition) is 4. The van der Waals surface area contributed by atoms with Gasteiger partial charge in [-0.2, -0.15) is 0 Å².